The number of carbonyl (C=O) groups is 3. The summed E-state index contributed by atoms with van der Waals surface area (Å²) in [6, 6.07) is 46.0. The summed E-state index contributed by atoms with van der Waals surface area (Å²) in [5.74, 6) is -1.37. The first-order valence-electron chi connectivity index (χ1n) is 27.0. The van der Waals surface area contributed by atoms with Gasteiger partial charge in [-0.3, -0.25) is 14.4 Å². The van der Waals surface area contributed by atoms with Crippen molar-refractivity contribution in [2.24, 2.45) is 0 Å². The monoisotopic (exact) mass is 1120 g/mol. The molecule has 3 N–H and O–H groups in total. The van der Waals surface area contributed by atoms with Crippen molar-refractivity contribution in [3.05, 3.63) is 197 Å². The number of nitrogens with zero attached hydrogens (tertiary/aromatic N) is 3. The minimum absolute atomic E-state index is 0.0649. The molecule has 8 rings (SSSR count). The lowest BCUT2D eigenvalue weighted by atomic mass is 10.1. The van der Waals surface area contributed by atoms with Crippen molar-refractivity contribution in [1.82, 2.24) is 28.9 Å². The molecule has 15 nitrogen and oxygen atoms in total. The molecule has 3 amide bonds. The first-order valence-corrected chi connectivity index (χ1v) is 31.4. The van der Waals surface area contributed by atoms with Crippen molar-refractivity contribution >= 4 is 62.5 Å². The number of benzene rings is 5. The topological polar surface area (TPSA) is 199 Å². The fraction of sp³-hybridized carbons (Fsp3) is 0.350. The predicted molar refractivity (Wildman–Crippen MR) is 310 cm³/mol. The molecule has 18 heteroatoms. The van der Waals surface area contributed by atoms with E-state index in [-0.39, 0.29) is 51.4 Å². The van der Waals surface area contributed by atoms with Crippen LogP contribution in [0.1, 0.15) is 120 Å². The van der Waals surface area contributed by atoms with Crippen molar-refractivity contribution in [3.8, 4) is 0 Å². The minimum Gasteiger partial charge on any atom is -0.379 e. The highest BCUT2D eigenvalue weighted by Crippen LogP contribution is 2.37. The Morgan fingerprint density at radius 2 is 0.654 bits per heavy atom. The largest absolute Gasteiger partial charge is 0.379 e. The SMILES string of the molecule is CCCCCCNC1=C(c2ccccc2)S(=O)(=O)N(CCCC)C1=O.CCCCN1C(=O)C(NCCc2ccccc2)=C(c2ccccc2)S1(=O)=O.CCCCN1C(=O)C(NCc2ccccc2)=C(c2ccccc2)S1(=O)=O. The number of unbranched alkanes of at least 4 members (excludes halogenated alkanes) is 6. The van der Waals surface area contributed by atoms with Gasteiger partial charge in [-0.1, -0.05) is 218 Å². The van der Waals surface area contributed by atoms with E-state index in [0.29, 0.717) is 62.0 Å². The molecule has 0 spiro atoms. The van der Waals surface area contributed by atoms with Gasteiger partial charge in [-0.2, -0.15) is 0 Å². The van der Waals surface area contributed by atoms with Crippen LogP contribution in [0.25, 0.3) is 14.7 Å². The Hall–Kier alpha value is -7.02. The molecule has 5 aromatic rings. The minimum atomic E-state index is -3.85. The fourth-order valence-electron chi connectivity index (χ4n) is 8.92. The quantitative estimate of drug-likeness (QED) is 0.0468. The highest BCUT2D eigenvalue weighted by molar-refractivity contribution is 8.00. The molecule has 0 saturated heterocycles. The zero-order valence-corrected chi connectivity index (χ0v) is 47.6. The summed E-state index contributed by atoms with van der Waals surface area (Å²) in [6.07, 6.45) is 9.37. The fourth-order valence-corrected chi connectivity index (χ4v) is 14.2. The molecular weight excluding hydrogens is 1040 g/mol. The standard InChI is InChI=1S/C21H24N2O3S.C20H22N2O3S.C19H28N2O3S/c1-2-3-16-23-21(24)19(22-15-14-17-10-6-4-7-11-17)20(27(23,25)26)18-12-8-5-9-13-18;1-2-3-14-22-20(23)18(21-15-16-10-6-4-7-11-16)19(26(22,24)25)17-12-8-5-9-13-17;1-3-5-7-11-14-20-17-18(16-12-9-8-10-13-16)25(23,24)21(19(17)22)15-6-4-2/h4-13,22H,2-3,14-16H2,1H3;4-13,21H,2-3,14-15H2,1H3;8-10,12-13,20H,3-7,11,14-15H2,1-2H3. The van der Waals surface area contributed by atoms with Gasteiger partial charge in [0.1, 0.15) is 31.8 Å². The summed E-state index contributed by atoms with van der Waals surface area (Å²) in [5, 5.41) is 9.28. The van der Waals surface area contributed by atoms with Gasteiger partial charge < -0.3 is 16.0 Å². The number of sulfonamides is 3. The average molecular weight is 1120 g/mol. The summed E-state index contributed by atoms with van der Waals surface area (Å²) in [7, 11) is -11.5. The van der Waals surface area contributed by atoms with Crippen molar-refractivity contribution in [2.45, 2.75) is 105 Å². The van der Waals surface area contributed by atoms with Crippen molar-refractivity contribution < 1.29 is 39.6 Å². The number of nitrogens with one attached hydrogen (secondary N) is 3. The number of rotatable bonds is 25. The molecule has 5 aromatic carbocycles. The van der Waals surface area contributed by atoms with Gasteiger partial charge in [0.05, 0.1) is 0 Å². The zero-order valence-electron chi connectivity index (χ0n) is 45.2. The van der Waals surface area contributed by atoms with E-state index in [1.807, 2.05) is 99.6 Å². The van der Waals surface area contributed by atoms with Gasteiger partial charge in [-0.15, -0.1) is 0 Å². The van der Waals surface area contributed by atoms with Crippen LogP contribution in [0.2, 0.25) is 0 Å². The van der Waals surface area contributed by atoms with Crippen LogP contribution < -0.4 is 16.0 Å². The van der Waals surface area contributed by atoms with E-state index in [4.69, 9.17) is 0 Å². The number of hydrogen-bond donors (Lipinski definition) is 3. The van der Waals surface area contributed by atoms with Gasteiger partial charge in [0, 0.05) is 39.3 Å². The third-order valence-electron chi connectivity index (χ3n) is 13.1. The second kappa shape index (κ2) is 29.1. The lowest BCUT2D eigenvalue weighted by Gasteiger charge is -2.16. The lowest BCUT2D eigenvalue weighted by Crippen LogP contribution is -2.34. The first-order chi connectivity index (χ1) is 37.6. The van der Waals surface area contributed by atoms with Gasteiger partial charge in [-0.05, 0) is 59.9 Å². The van der Waals surface area contributed by atoms with E-state index < -0.39 is 47.8 Å². The Kier molecular flexibility index (Phi) is 22.5. The normalized spacial score (nSPS) is 16.3. The van der Waals surface area contributed by atoms with Crippen molar-refractivity contribution in [2.75, 3.05) is 32.7 Å². The van der Waals surface area contributed by atoms with E-state index >= 15 is 0 Å². The third kappa shape index (κ3) is 14.8. The first kappa shape index (κ1) is 60.2. The van der Waals surface area contributed by atoms with E-state index in [1.54, 1.807) is 72.8 Å². The van der Waals surface area contributed by atoms with Crippen LogP contribution in [0.3, 0.4) is 0 Å². The molecule has 3 aliphatic rings. The molecule has 0 aromatic heterocycles. The summed E-state index contributed by atoms with van der Waals surface area (Å²) in [5.41, 5.74) is 4.27. The number of hydrogen-bond acceptors (Lipinski definition) is 12. The van der Waals surface area contributed by atoms with Crippen LogP contribution >= 0.6 is 0 Å². The van der Waals surface area contributed by atoms with Gasteiger partial charge in [-0.25, -0.2) is 38.2 Å². The Morgan fingerprint density at radius 3 is 1.00 bits per heavy atom. The van der Waals surface area contributed by atoms with Crippen molar-refractivity contribution in [3.63, 3.8) is 0 Å². The van der Waals surface area contributed by atoms with E-state index in [0.717, 1.165) is 69.0 Å². The molecule has 3 aliphatic heterocycles. The van der Waals surface area contributed by atoms with Crippen LogP contribution in [0, 0.1) is 0 Å². The van der Waals surface area contributed by atoms with Gasteiger partial charge in [0.25, 0.3) is 47.8 Å². The van der Waals surface area contributed by atoms with Crippen LogP contribution in [-0.4, -0.2) is 88.6 Å². The Labute approximate surface area is 462 Å². The average Bonchev–Trinajstić information content (AvgIpc) is 3.89. The molecular formula is C60H74N6O9S3. The maximum absolute atomic E-state index is 13.1. The summed E-state index contributed by atoms with van der Waals surface area (Å²) >= 11 is 0. The van der Waals surface area contributed by atoms with Crippen LogP contribution in [-0.2, 0) is 57.4 Å². The Bertz CT molecular complexity index is 3230. The predicted octanol–water partition coefficient (Wildman–Crippen LogP) is 9.77. The van der Waals surface area contributed by atoms with E-state index in [2.05, 4.69) is 22.9 Å². The molecule has 78 heavy (non-hydrogen) atoms. The highest BCUT2D eigenvalue weighted by atomic mass is 32.2. The maximum atomic E-state index is 13.1. The molecule has 0 unspecified atom stereocenters. The molecule has 0 aliphatic carbocycles. The van der Waals surface area contributed by atoms with Crippen LogP contribution in [0.15, 0.2) is 169 Å². The molecule has 416 valence electrons. The van der Waals surface area contributed by atoms with Gasteiger partial charge in [0.15, 0.2) is 0 Å². The van der Waals surface area contributed by atoms with Gasteiger partial charge >= 0.3 is 0 Å². The summed E-state index contributed by atoms with van der Waals surface area (Å²) < 4.78 is 81.1. The van der Waals surface area contributed by atoms with E-state index in [9.17, 15) is 39.6 Å². The third-order valence-corrected chi connectivity index (χ3v) is 18.8. The summed E-state index contributed by atoms with van der Waals surface area (Å²) in [6.45, 7) is 10.2. The van der Waals surface area contributed by atoms with Crippen LogP contribution in [0.4, 0.5) is 0 Å². The Morgan fingerprint density at radius 1 is 0.346 bits per heavy atom. The summed E-state index contributed by atoms with van der Waals surface area (Å²) in [4.78, 5) is 38.8. The second-order valence-corrected chi connectivity index (χ2v) is 24.3. The Balaban J connectivity index is 0.000000189. The zero-order chi connectivity index (χ0) is 56.1. The molecule has 0 radical (unpaired) electrons. The number of amides is 3. The smallest absolute Gasteiger partial charge is 0.285 e. The van der Waals surface area contributed by atoms with Gasteiger partial charge in [0.2, 0.25) is 0 Å². The van der Waals surface area contributed by atoms with E-state index in [1.165, 1.54) is 0 Å². The molecule has 3 heterocycles. The molecule has 0 atom stereocenters. The second-order valence-electron chi connectivity index (χ2n) is 18.9. The molecule has 0 fully saturated rings. The van der Waals surface area contributed by atoms with Crippen LogP contribution in [0.5, 0.6) is 0 Å². The molecule has 0 saturated carbocycles. The van der Waals surface area contributed by atoms with Crippen molar-refractivity contribution in [1.29, 1.82) is 0 Å². The molecule has 0 bridgehead atoms. The maximum Gasteiger partial charge on any atom is 0.285 e. The lowest BCUT2D eigenvalue weighted by molar-refractivity contribution is -0.123. The highest BCUT2D eigenvalue weighted by Gasteiger charge is 2.46. The number of carbonyl (C=O) groups excluding carboxylic acids is 3.